The molecule has 2 atom stereocenters. The molecule has 1 aromatic carbocycles. The van der Waals surface area contributed by atoms with E-state index in [1.165, 1.54) is 0 Å². The summed E-state index contributed by atoms with van der Waals surface area (Å²) < 4.78 is 5.22. The van der Waals surface area contributed by atoms with Crippen molar-refractivity contribution in [2.45, 2.75) is 45.4 Å². The molecule has 2 rings (SSSR count). The average molecular weight is 290 g/mol. The number of aryl methyl sites for hydroxylation is 1. The summed E-state index contributed by atoms with van der Waals surface area (Å²) in [7, 11) is 0. The summed E-state index contributed by atoms with van der Waals surface area (Å²) in [6.45, 7) is 4.72. The molecular weight excluding hydrogens is 268 g/mol. The van der Waals surface area contributed by atoms with E-state index in [0.717, 1.165) is 30.5 Å². The van der Waals surface area contributed by atoms with E-state index in [2.05, 4.69) is 10.6 Å². The predicted molar refractivity (Wildman–Crippen MR) is 79.6 cm³/mol. The van der Waals surface area contributed by atoms with E-state index in [9.17, 15) is 9.59 Å². The van der Waals surface area contributed by atoms with Crippen molar-refractivity contribution in [3.05, 3.63) is 35.4 Å². The number of hydrogen-bond acceptors (Lipinski definition) is 4. The minimum Gasteiger partial charge on any atom is -0.459 e. The zero-order valence-corrected chi connectivity index (χ0v) is 12.5. The summed E-state index contributed by atoms with van der Waals surface area (Å²) in [5.74, 6) is -0.547. The number of hydrogen-bond donors (Lipinski definition) is 2. The smallest absolute Gasteiger partial charge is 0.328 e. The Hall–Kier alpha value is -1.88. The van der Waals surface area contributed by atoms with Crippen LogP contribution in [0.3, 0.4) is 0 Å². The number of esters is 1. The van der Waals surface area contributed by atoms with Crippen LogP contribution in [0.1, 0.15) is 30.9 Å². The van der Waals surface area contributed by atoms with Crippen LogP contribution in [0, 0.1) is 6.92 Å². The van der Waals surface area contributed by atoms with Gasteiger partial charge in [0.05, 0.1) is 6.04 Å². The van der Waals surface area contributed by atoms with Gasteiger partial charge >= 0.3 is 5.97 Å². The zero-order valence-electron chi connectivity index (χ0n) is 12.5. The Morgan fingerprint density at radius 1 is 1.38 bits per heavy atom. The molecule has 1 fully saturated rings. The monoisotopic (exact) mass is 290 g/mol. The molecule has 1 aliphatic rings. The minimum atomic E-state index is -0.634. The van der Waals surface area contributed by atoms with Crippen molar-refractivity contribution in [1.29, 1.82) is 0 Å². The van der Waals surface area contributed by atoms with Crippen LogP contribution < -0.4 is 10.6 Å². The molecule has 0 unspecified atom stereocenters. The van der Waals surface area contributed by atoms with Crippen LogP contribution in [0.4, 0.5) is 0 Å². The van der Waals surface area contributed by atoms with Crippen molar-refractivity contribution in [1.82, 2.24) is 10.6 Å². The van der Waals surface area contributed by atoms with Gasteiger partial charge in [-0.2, -0.15) is 0 Å². The molecule has 21 heavy (non-hydrogen) atoms. The van der Waals surface area contributed by atoms with Crippen molar-refractivity contribution in [2.24, 2.45) is 0 Å². The van der Waals surface area contributed by atoms with E-state index in [1.54, 1.807) is 6.92 Å². The second-order valence-electron chi connectivity index (χ2n) is 5.47. The molecule has 0 radical (unpaired) electrons. The quantitative estimate of drug-likeness (QED) is 0.802. The third kappa shape index (κ3) is 4.56. The van der Waals surface area contributed by atoms with Crippen LogP contribution in [0.25, 0.3) is 0 Å². The molecule has 1 aromatic rings. The Morgan fingerprint density at radius 3 is 2.71 bits per heavy atom. The summed E-state index contributed by atoms with van der Waals surface area (Å²) in [6.07, 6.45) is 1.81. The SMILES string of the molecule is Cc1ccc(COC(=O)[C@H](C)NC(=O)[C@@H]2CCCN2)cc1. The van der Waals surface area contributed by atoms with Crippen LogP contribution in [0.2, 0.25) is 0 Å². The first-order valence-electron chi connectivity index (χ1n) is 7.32. The predicted octanol–water partition coefficient (Wildman–Crippen LogP) is 1.29. The van der Waals surface area contributed by atoms with Gasteiger partial charge in [-0.3, -0.25) is 4.79 Å². The standard InChI is InChI=1S/C16H22N2O3/c1-11-5-7-13(8-6-11)10-21-16(20)12(2)18-15(19)14-4-3-9-17-14/h5-8,12,14,17H,3-4,9-10H2,1-2H3,(H,18,19)/t12-,14-/m0/s1. The van der Waals surface area contributed by atoms with Crippen molar-refractivity contribution >= 4 is 11.9 Å². The Bertz CT molecular complexity index is 493. The first kappa shape index (κ1) is 15.5. The molecule has 5 nitrogen and oxygen atoms in total. The lowest BCUT2D eigenvalue weighted by molar-refractivity contribution is -0.148. The van der Waals surface area contributed by atoms with Gasteiger partial charge in [0, 0.05) is 0 Å². The number of amides is 1. The van der Waals surface area contributed by atoms with Gasteiger partial charge in [-0.15, -0.1) is 0 Å². The Morgan fingerprint density at radius 2 is 2.10 bits per heavy atom. The number of nitrogens with one attached hydrogen (secondary N) is 2. The molecule has 1 amide bonds. The Labute approximate surface area is 125 Å². The number of carbonyl (C=O) groups is 2. The highest BCUT2D eigenvalue weighted by Gasteiger charge is 2.25. The fourth-order valence-electron chi connectivity index (χ4n) is 2.25. The number of benzene rings is 1. The molecule has 2 N–H and O–H groups in total. The Kier molecular flexibility index (Phi) is 5.33. The summed E-state index contributed by atoms with van der Waals surface area (Å²) in [4.78, 5) is 23.8. The van der Waals surface area contributed by atoms with Gasteiger partial charge in [-0.25, -0.2) is 4.79 Å². The van der Waals surface area contributed by atoms with Crippen molar-refractivity contribution in [3.8, 4) is 0 Å². The molecule has 114 valence electrons. The van der Waals surface area contributed by atoms with E-state index < -0.39 is 12.0 Å². The third-order valence-corrected chi connectivity index (χ3v) is 3.59. The summed E-state index contributed by atoms with van der Waals surface area (Å²) in [5.41, 5.74) is 2.10. The summed E-state index contributed by atoms with van der Waals surface area (Å²) >= 11 is 0. The summed E-state index contributed by atoms with van der Waals surface area (Å²) in [6, 6.07) is 6.98. The lowest BCUT2D eigenvalue weighted by atomic mass is 10.2. The van der Waals surface area contributed by atoms with Gasteiger partial charge in [0.15, 0.2) is 0 Å². The third-order valence-electron chi connectivity index (χ3n) is 3.59. The highest BCUT2D eigenvalue weighted by Crippen LogP contribution is 2.07. The molecule has 0 aromatic heterocycles. The Balaban J connectivity index is 1.76. The second-order valence-corrected chi connectivity index (χ2v) is 5.47. The average Bonchev–Trinajstić information content (AvgIpc) is 3.00. The van der Waals surface area contributed by atoms with Crippen LogP contribution in [0.5, 0.6) is 0 Å². The highest BCUT2D eigenvalue weighted by atomic mass is 16.5. The molecule has 1 heterocycles. The first-order valence-corrected chi connectivity index (χ1v) is 7.32. The van der Waals surface area contributed by atoms with Crippen molar-refractivity contribution in [2.75, 3.05) is 6.54 Å². The fourth-order valence-corrected chi connectivity index (χ4v) is 2.25. The van der Waals surface area contributed by atoms with E-state index in [0.29, 0.717) is 0 Å². The fraction of sp³-hybridized carbons (Fsp3) is 0.500. The van der Waals surface area contributed by atoms with E-state index >= 15 is 0 Å². The molecule has 0 saturated carbocycles. The van der Waals surface area contributed by atoms with Crippen molar-refractivity contribution < 1.29 is 14.3 Å². The normalized spacial score (nSPS) is 19.0. The van der Waals surface area contributed by atoms with Crippen molar-refractivity contribution in [3.63, 3.8) is 0 Å². The number of rotatable bonds is 5. The molecule has 0 spiro atoms. The zero-order chi connectivity index (χ0) is 15.2. The summed E-state index contributed by atoms with van der Waals surface area (Å²) in [5, 5.41) is 5.79. The number of ether oxygens (including phenoxy) is 1. The van der Waals surface area contributed by atoms with Gasteiger partial charge < -0.3 is 15.4 Å². The molecule has 1 aliphatic heterocycles. The van der Waals surface area contributed by atoms with Crippen LogP contribution in [-0.2, 0) is 20.9 Å². The largest absolute Gasteiger partial charge is 0.459 e. The van der Waals surface area contributed by atoms with E-state index in [4.69, 9.17) is 4.74 Å². The first-order chi connectivity index (χ1) is 10.1. The number of carbonyl (C=O) groups excluding carboxylic acids is 2. The van der Waals surface area contributed by atoms with E-state index in [1.807, 2.05) is 31.2 Å². The second kappa shape index (κ2) is 7.22. The maximum absolute atomic E-state index is 11.9. The maximum Gasteiger partial charge on any atom is 0.328 e. The lowest BCUT2D eigenvalue weighted by Gasteiger charge is -2.16. The molecular formula is C16H22N2O3. The van der Waals surface area contributed by atoms with Crippen LogP contribution in [-0.4, -0.2) is 30.5 Å². The molecule has 5 heteroatoms. The lowest BCUT2D eigenvalue weighted by Crippen LogP contribution is -2.47. The van der Waals surface area contributed by atoms with Crippen LogP contribution in [0.15, 0.2) is 24.3 Å². The molecule has 0 aliphatic carbocycles. The van der Waals surface area contributed by atoms with Gasteiger partial charge in [0.25, 0.3) is 0 Å². The molecule has 0 bridgehead atoms. The van der Waals surface area contributed by atoms with Gasteiger partial charge in [-0.05, 0) is 38.8 Å². The van der Waals surface area contributed by atoms with Crippen LogP contribution >= 0.6 is 0 Å². The van der Waals surface area contributed by atoms with Gasteiger partial charge in [0.1, 0.15) is 12.6 Å². The van der Waals surface area contributed by atoms with E-state index in [-0.39, 0.29) is 18.6 Å². The maximum atomic E-state index is 11.9. The minimum absolute atomic E-state index is 0.132. The molecule has 1 saturated heterocycles. The topological polar surface area (TPSA) is 67.4 Å². The van der Waals surface area contributed by atoms with Gasteiger partial charge in [-0.1, -0.05) is 29.8 Å². The highest BCUT2D eigenvalue weighted by molar-refractivity contribution is 5.87. The van der Waals surface area contributed by atoms with Gasteiger partial charge in [0.2, 0.25) is 5.91 Å².